The first-order valence-electron chi connectivity index (χ1n) is 6.23. The van der Waals surface area contributed by atoms with E-state index in [-0.39, 0.29) is 16.3 Å². The third-order valence-electron chi connectivity index (χ3n) is 3.66. The summed E-state index contributed by atoms with van der Waals surface area (Å²) < 4.78 is 0. The number of hydrogen-bond donors (Lipinski definition) is 1. The Balaban J connectivity index is 2.39. The van der Waals surface area contributed by atoms with E-state index in [1.807, 2.05) is 0 Å². The molecule has 2 atom stereocenters. The van der Waals surface area contributed by atoms with Crippen molar-refractivity contribution < 1.29 is 14.8 Å². The monoisotopic (exact) mass is 298 g/mol. The van der Waals surface area contributed by atoms with E-state index in [0.717, 1.165) is 12.5 Å². The molecule has 0 heterocycles. The Labute approximate surface area is 121 Å². The van der Waals surface area contributed by atoms with Gasteiger partial charge in [0.2, 0.25) is 0 Å². The number of carboxylic acids is 1. The topological polar surface area (TPSA) is 83.7 Å². The van der Waals surface area contributed by atoms with Crippen LogP contribution >= 0.6 is 11.6 Å². The van der Waals surface area contributed by atoms with Gasteiger partial charge in [0.05, 0.1) is 21.2 Å². The van der Waals surface area contributed by atoms with Gasteiger partial charge < -0.3 is 10.0 Å². The number of nitro groups is 1. The van der Waals surface area contributed by atoms with E-state index >= 15 is 0 Å². The molecule has 1 saturated carbocycles. The van der Waals surface area contributed by atoms with Crippen LogP contribution in [0.15, 0.2) is 12.1 Å². The van der Waals surface area contributed by atoms with Crippen molar-refractivity contribution in [1.82, 2.24) is 0 Å². The molecule has 0 saturated heterocycles. The third kappa shape index (κ3) is 2.85. The summed E-state index contributed by atoms with van der Waals surface area (Å²) in [5, 5.41) is 20.1. The standard InChI is InChI=1S/C13H15ClN2O4/c1-7-3-8(7)6-15(2)12-10(13(17)18)4-9(16(19)20)5-11(12)14/h4-5,7-8H,3,6H2,1-2H3,(H,17,18). The van der Waals surface area contributed by atoms with E-state index < -0.39 is 10.9 Å². The van der Waals surface area contributed by atoms with Crippen LogP contribution in [0.25, 0.3) is 0 Å². The van der Waals surface area contributed by atoms with Crippen LogP contribution in [0.5, 0.6) is 0 Å². The molecule has 6 nitrogen and oxygen atoms in total. The second-order valence-electron chi connectivity index (χ2n) is 5.24. The van der Waals surface area contributed by atoms with Crippen LogP contribution in [0.2, 0.25) is 5.02 Å². The second kappa shape index (κ2) is 5.28. The van der Waals surface area contributed by atoms with Crippen LogP contribution in [0.4, 0.5) is 11.4 Å². The number of carbonyl (C=O) groups is 1. The van der Waals surface area contributed by atoms with Crippen LogP contribution in [0, 0.1) is 22.0 Å². The Morgan fingerprint density at radius 2 is 2.20 bits per heavy atom. The molecule has 2 rings (SSSR count). The summed E-state index contributed by atoms with van der Waals surface area (Å²) in [4.78, 5) is 23.2. The van der Waals surface area contributed by atoms with Crippen LogP contribution in [0.3, 0.4) is 0 Å². The molecule has 0 spiro atoms. The zero-order valence-electron chi connectivity index (χ0n) is 11.2. The molecule has 1 aromatic rings. The Morgan fingerprint density at radius 1 is 1.60 bits per heavy atom. The molecule has 0 aliphatic heterocycles. The van der Waals surface area contributed by atoms with Gasteiger partial charge >= 0.3 is 5.97 Å². The number of carboxylic acid groups (broad SMARTS) is 1. The molecule has 1 fully saturated rings. The quantitative estimate of drug-likeness (QED) is 0.667. The van der Waals surface area contributed by atoms with Gasteiger partial charge in [0.1, 0.15) is 0 Å². The molecule has 0 bridgehead atoms. The summed E-state index contributed by atoms with van der Waals surface area (Å²) in [7, 11) is 1.75. The number of non-ortho nitro benzene ring substituents is 1. The molecule has 1 aliphatic rings. The first-order chi connectivity index (χ1) is 9.31. The summed E-state index contributed by atoms with van der Waals surface area (Å²) in [5.41, 5.74) is -0.117. The van der Waals surface area contributed by atoms with Gasteiger partial charge in [0.25, 0.3) is 5.69 Å². The zero-order chi connectivity index (χ0) is 15.0. The number of nitrogens with zero attached hydrogens (tertiary/aromatic N) is 2. The fourth-order valence-electron chi connectivity index (χ4n) is 2.34. The van der Waals surface area contributed by atoms with Gasteiger partial charge in [-0.1, -0.05) is 18.5 Å². The maximum Gasteiger partial charge on any atom is 0.338 e. The average molecular weight is 299 g/mol. The normalized spacial score (nSPS) is 20.6. The number of rotatable bonds is 5. The number of hydrogen-bond acceptors (Lipinski definition) is 4. The van der Waals surface area contributed by atoms with Crippen molar-refractivity contribution in [3.63, 3.8) is 0 Å². The zero-order valence-corrected chi connectivity index (χ0v) is 11.9. The van der Waals surface area contributed by atoms with E-state index in [0.29, 0.717) is 24.1 Å². The highest BCUT2D eigenvalue weighted by Gasteiger charge is 2.34. The molecule has 1 aliphatic carbocycles. The van der Waals surface area contributed by atoms with Crippen molar-refractivity contribution in [3.05, 3.63) is 32.8 Å². The van der Waals surface area contributed by atoms with Crippen molar-refractivity contribution >= 4 is 28.9 Å². The number of halogens is 1. The maximum absolute atomic E-state index is 11.3. The highest BCUT2D eigenvalue weighted by Crippen LogP contribution is 2.41. The first-order valence-corrected chi connectivity index (χ1v) is 6.61. The molecule has 0 aromatic heterocycles. The van der Waals surface area contributed by atoms with Crippen molar-refractivity contribution in [3.8, 4) is 0 Å². The van der Waals surface area contributed by atoms with Crippen LogP contribution in [-0.2, 0) is 0 Å². The minimum Gasteiger partial charge on any atom is -0.478 e. The fraction of sp³-hybridized carbons (Fsp3) is 0.462. The Hall–Kier alpha value is -1.82. The minimum absolute atomic E-state index is 0.0902. The second-order valence-corrected chi connectivity index (χ2v) is 5.65. The number of anilines is 1. The lowest BCUT2D eigenvalue weighted by atomic mass is 10.1. The fourth-order valence-corrected chi connectivity index (χ4v) is 2.70. The Morgan fingerprint density at radius 3 is 2.65 bits per heavy atom. The van der Waals surface area contributed by atoms with Gasteiger partial charge in [-0.25, -0.2) is 4.79 Å². The summed E-state index contributed by atoms with van der Waals surface area (Å²) in [6, 6.07) is 2.24. The smallest absolute Gasteiger partial charge is 0.338 e. The molecule has 1 aromatic carbocycles. The first kappa shape index (κ1) is 14.6. The summed E-state index contributed by atoms with van der Waals surface area (Å²) in [5.74, 6) is -0.0725. The predicted octanol–water partition coefficient (Wildman–Crippen LogP) is 3.04. The van der Waals surface area contributed by atoms with E-state index in [1.54, 1.807) is 11.9 Å². The van der Waals surface area contributed by atoms with Gasteiger partial charge in [-0.15, -0.1) is 0 Å². The summed E-state index contributed by atoms with van der Waals surface area (Å²) in [6.45, 7) is 2.83. The largest absolute Gasteiger partial charge is 0.478 e. The highest BCUT2D eigenvalue weighted by molar-refractivity contribution is 6.34. The van der Waals surface area contributed by atoms with Gasteiger partial charge in [-0.3, -0.25) is 10.1 Å². The van der Waals surface area contributed by atoms with E-state index in [2.05, 4.69) is 6.92 Å². The SMILES string of the molecule is CC1CC1CN(C)c1c(Cl)cc([N+](=O)[O-])cc1C(=O)O. The third-order valence-corrected chi connectivity index (χ3v) is 3.94. The van der Waals surface area contributed by atoms with E-state index in [1.165, 1.54) is 6.07 Å². The van der Waals surface area contributed by atoms with Crippen molar-refractivity contribution in [2.45, 2.75) is 13.3 Å². The molecule has 20 heavy (non-hydrogen) atoms. The lowest BCUT2D eigenvalue weighted by Gasteiger charge is -2.22. The molecule has 1 N–H and O–H groups in total. The maximum atomic E-state index is 11.3. The number of nitro benzene ring substituents is 1. The Bertz CT molecular complexity index is 576. The average Bonchev–Trinajstić information content (AvgIpc) is 3.03. The van der Waals surface area contributed by atoms with Gasteiger partial charge in [-0.2, -0.15) is 0 Å². The molecule has 7 heteroatoms. The molecule has 2 unspecified atom stereocenters. The van der Waals surface area contributed by atoms with Crippen LogP contribution in [0.1, 0.15) is 23.7 Å². The lowest BCUT2D eigenvalue weighted by molar-refractivity contribution is -0.384. The number of aromatic carboxylic acids is 1. The summed E-state index contributed by atoms with van der Waals surface area (Å²) in [6.07, 6.45) is 1.11. The molecular weight excluding hydrogens is 284 g/mol. The van der Waals surface area contributed by atoms with Crippen molar-refractivity contribution in [2.24, 2.45) is 11.8 Å². The Kier molecular flexibility index (Phi) is 3.85. The highest BCUT2D eigenvalue weighted by atomic mass is 35.5. The van der Waals surface area contributed by atoms with Gasteiger partial charge in [0, 0.05) is 25.7 Å². The van der Waals surface area contributed by atoms with Gasteiger partial charge in [0.15, 0.2) is 0 Å². The van der Waals surface area contributed by atoms with Crippen molar-refractivity contribution in [1.29, 1.82) is 0 Å². The van der Waals surface area contributed by atoms with Crippen molar-refractivity contribution in [2.75, 3.05) is 18.5 Å². The van der Waals surface area contributed by atoms with Gasteiger partial charge in [-0.05, 0) is 18.3 Å². The lowest BCUT2D eigenvalue weighted by Crippen LogP contribution is -2.23. The molecular formula is C13H15ClN2O4. The number of benzene rings is 1. The summed E-state index contributed by atoms with van der Waals surface area (Å²) >= 11 is 6.05. The molecule has 108 valence electrons. The van der Waals surface area contributed by atoms with E-state index in [4.69, 9.17) is 11.6 Å². The van der Waals surface area contributed by atoms with E-state index in [9.17, 15) is 20.0 Å². The van der Waals surface area contributed by atoms with Crippen LogP contribution < -0.4 is 4.90 Å². The molecule has 0 amide bonds. The van der Waals surface area contributed by atoms with Crippen LogP contribution in [-0.4, -0.2) is 29.6 Å². The minimum atomic E-state index is -1.22. The molecule has 0 radical (unpaired) electrons. The predicted molar refractivity (Wildman–Crippen MR) is 75.6 cm³/mol.